The first-order valence-electron chi connectivity index (χ1n) is 5.54. The summed E-state index contributed by atoms with van der Waals surface area (Å²) >= 11 is 0. The number of amides is 2. The molecule has 1 aliphatic rings. The number of carbonyl (C=O) groups is 2. The molecule has 0 aliphatic carbocycles. The first kappa shape index (κ1) is 12.3. The second-order valence-corrected chi connectivity index (χ2v) is 4.03. The third-order valence-corrected chi connectivity index (χ3v) is 2.59. The molecule has 96 valence electrons. The quantitative estimate of drug-likeness (QED) is 0.881. The van der Waals surface area contributed by atoms with E-state index in [0.717, 1.165) is 0 Å². The van der Waals surface area contributed by atoms with Crippen LogP contribution in [-0.2, 0) is 9.53 Å². The Hall–Kier alpha value is -2.11. The summed E-state index contributed by atoms with van der Waals surface area (Å²) in [5.41, 5.74) is 0.576. The lowest BCUT2D eigenvalue weighted by molar-refractivity contribution is -0.119. The van der Waals surface area contributed by atoms with Crippen LogP contribution in [0.15, 0.2) is 24.3 Å². The zero-order valence-electron chi connectivity index (χ0n) is 9.85. The van der Waals surface area contributed by atoms with Crippen LogP contribution in [0.25, 0.3) is 0 Å². The molecule has 5 nitrogen and oxygen atoms in total. The number of nitrogens with zero attached hydrogens (tertiary/aromatic N) is 1. The second kappa shape index (κ2) is 5.03. The van der Waals surface area contributed by atoms with Crippen LogP contribution in [-0.4, -0.2) is 31.2 Å². The Morgan fingerprint density at radius 1 is 1.50 bits per heavy atom. The third-order valence-electron chi connectivity index (χ3n) is 2.59. The number of carbonyl (C=O) groups excluding carboxylic acids is 2. The van der Waals surface area contributed by atoms with Gasteiger partial charge in [-0.2, -0.15) is 0 Å². The van der Waals surface area contributed by atoms with Crippen molar-refractivity contribution in [3.05, 3.63) is 30.1 Å². The van der Waals surface area contributed by atoms with Gasteiger partial charge in [-0.3, -0.25) is 9.69 Å². The molecule has 0 radical (unpaired) electrons. The van der Waals surface area contributed by atoms with Gasteiger partial charge in [-0.25, -0.2) is 9.18 Å². The molecule has 1 aromatic rings. The molecule has 1 saturated heterocycles. The van der Waals surface area contributed by atoms with Crippen molar-refractivity contribution in [1.29, 1.82) is 0 Å². The van der Waals surface area contributed by atoms with Gasteiger partial charge in [0.05, 0.1) is 13.1 Å². The first-order chi connectivity index (χ1) is 8.56. The Bertz CT molecular complexity index is 461. The van der Waals surface area contributed by atoms with Crippen molar-refractivity contribution in [3.8, 4) is 0 Å². The van der Waals surface area contributed by atoms with Crippen LogP contribution >= 0.6 is 0 Å². The molecule has 18 heavy (non-hydrogen) atoms. The van der Waals surface area contributed by atoms with Gasteiger partial charge in [0, 0.05) is 12.6 Å². The predicted molar refractivity (Wildman–Crippen MR) is 62.7 cm³/mol. The summed E-state index contributed by atoms with van der Waals surface area (Å²) < 4.78 is 17.9. The monoisotopic (exact) mass is 252 g/mol. The average molecular weight is 252 g/mol. The van der Waals surface area contributed by atoms with Crippen LogP contribution in [0.3, 0.4) is 0 Å². The van der Waals surface area contributed by atoms with Crippen molar-refractivity contribution < 1.29 is 18.7 Å². The zero-order valence-corrected chi connectivity index (χ0v) is 9.85. The SMILES string of the molecule is CC(=O)NC[C@@H]1CN(c2ccc(F)cc2)C(=O)O1. The van der Waals surface area contributed by atoms with Crippen molar-refractivity contribution in [1.82, 2.24) is 5.32 Å². The van der Waals surface area contributed by atoms with Gasteiger partial charge in [-0.05, 0) is 24.3 Å². The molecule has 1 atom stereocenters. The van der Waals surface area contributed by atoms with E-state index in [0.29, 0.717) is 12.2 Å². The lowest BCUT2D eigenvalue weighted by Gasteiger charge is -2.12. The van der Waals surface area contributed by atoms with Crippen molar-refractivity contribution in [3.63, 3.8) is 0 Å². The van der Waals surface area contributed by atoms with E-state index >= 15 is 0 Å². The Labute approximate surface area is 104 Å². The molecule has 1 fully saturated rings. The minimum absolute atomic E-state index is 0.175. The van der Waals surface area contributed by atoms with E-state index in [4.69, 9.17) is 4.74 Å². The van der Waals surface area contributed by atoms with Crippen molar-refractivity contribution in [2.75, 3.05) is 18.0 Å². The minimum Gasteiger partial charge on any atom is -0.442 e. The normalized spacial score (nSPS) is 18.7. The van der Waals surface area contributed by atoms with Gasteiger partial charge in [-0.15, -0.1) is 0 Å². The number of anilines is 1. The summed E-state index contributed by atoms with van der Waals surface area (Å²) in [6.45, 7) is 2.01. The highest BCUT2D eigenvalue weighted by atomic mass is 19.1. The number of benzene rings is 1. The molecule has 0 aromatic heterocycles. The van der Waals surface area contributed by atoms with Crippen LogP contribution < -0.4 is 10.2 Å². The summed E-state index contributed by atoms with van der Waals surface area (Å²) in [5.74, 6) is -0.535. The number of cyclic esters (lactones) is 1. The lowest BCUT2D eigenvalue weighted by atomic mass is 10.2. The van der Waals surface area contributed by atoms with Crippen LogP contribution in [0.2, 0.25) is 0 Å². The summed E-state index contributed by atoms with van der Waals surface area (Å²) in [5, 5.41) is 2.59. The molecule has 1 aromatic carbocycles. The third kappa shape index (κ3) is 2.77. The molecule has 0 bridgehead atoms. The standard InChI is InChI=1S/C12H13FN2O3/c1-8(16)14-6-11-7-15(12(17)18-11)10-4-2-9(13)3-5-10/h2-5,11H,6-7H2,1H3,(H,14,16)/t11-/m1/s1. The maximum Gasteiger partial charge on any atom is 0.414 e. The van der Waals surface area contributed by atoms with Crippen LogP contribution in [0, 0.1) is 5.82 Å². The molecular weight excluding hydrogens is 239 g/mol. The molecule has 1 heterocycles. The molecule has 6 heteroatoms. The van der Waals surface area contributed by atoms with Crippen LogP contribution in [0.1, 0.15) is 6.92 Å². The number of rotatable bonds is 3. The number of hydrogen-bond acceptors (Lipinski definition) is 3. The molecule has 0 saturated carbocycles. The predicted octanol–water partition coefficient (Wildman–Crippen LogP) is 1.29. The van der Waals surface area contributed by atoms with E-state index in [1.54, 1.807) is 0 Å². The summed E-state index contributed by atoms with van der Waals surface area (Å²) in [6.07, 6.45) is -0.872. The second-order valence-electron chi connectivity index (χ2n) is 4.03. The Kier molecular flexibility index (Phi) is 3.45. The maximum atomic E-state index is 12.8. The van der Waals surface area contributed by atoms with Gasteiger partial charge in [0.25, 0.3) is 0 Å². The maximum absolute atomic E-state index is 12.8. The Balaban J connectivity index is 2.00. The van der Waals surface area contributed by atoms with E-state index in [1.165, 1.54) is 36.1 Å². The topological polar surface area (TPSA) is 58.6 Å². The number of ether oxygens (including phenoxy) is 1. The van der Waals surface area contributed by atoms with E-state index in [-0.39, 0.29) is 24.4 Å². The van der Waals surface area contributed by atoms with Gasteiger partial charge in [0.2, 0.25) is 5.91 Å². The van der Waals surface area contributed by atoms with Crippen molar-refractivity contribution in [2.24, 2.45) is 0 Å². The average Bonchev–Trinajstić information content (AvgIpc) is 2.69. The lowest BCUT2D eigenvalue weighted by Crippen LogP contribution is -2.33. The van der Waals surface area contributed by atoms with Crippen molar-refractivity contribution in [2.45, 2.75) is 13.0 Å². The molecule has 1 N–H and O–H groups in total. The van der Waals surface area contributed by atoms with E-state index < -0.39 is 6.09 Å². The molecule has 0 spiro atoms. The summed E-state index contributed by atoms with van der Waals surface area (Å²) in [7, 11) is 0. The minimum atomic E-state index is -0.489. The van der Waals surface area contributed by atoms with Gasteiger partial charge in [-0.1, -0.05) is 0 Å². The van der Waals surface area contributed by atoms with Gasteiger partial charge in [0.1, 0.15) is 11.9 Å². The van der Waals surface area contributed by atoms with Gasteiger partial charge in [0.15, 0.2) is 0 Å². The zero-order chi connectivity index (χ0) is 13.1. The van der Waals surface area contributed by atoms with Crippen LogP contribution in [0.5, 0.6) is 0 Å². The van der Waals surface area contributed by atoms with Gasteiger partial charge >= 0.3 is 6.09 Å². The van der Waals surface area contributed by atoms with Gasteiger partial charge < -0.3 is 10.1 Å². The number of nitrogens with one attached hydrogen (secondary N) is 1. The fraction of sp³-hybridized carbons (Fsp3) is 0.333. The van der Waals surface area contributed by atoms with Crippen LogP contribution in [0.4, 0.5) is 14.9 Å². The molecule has 0 unspecified atom stereocenters. The summed E-state index contributed by atoms with van der Waals surface area (Å²) in [6, 6.07) is 5.59. The molecule has 1 aliphatic heterocycles. The first-order valence-corrected chi connectivity index (χ1v) is 5.54. The molecule has 2 amide bonds. The number of halogens is 1. The fourth-order valence-corrected chi connectivity index (χ4v) is 1.72. The molecule has 2 rings (SSSR count). The Morgan fingerprint density at radius 2 is 2.17 bits per heavy atom. The fourth-order valence-electron chi connectivity index (χ4n) is 1.72. The highest BCUT2D eigenvalue weighted by Gasteiger charge is 2.32. The smallest absolute Gasteiger partial charge is 0.414 e. The highest BCUT2D eigenvalue weighted by Crippen LogP contribution is 2.21. The summed E-state index contributed by atoms with van der Waals surface area (Å²) in [4.78, 5) is 23.8. The Morgan fingerprint density at radius 3 is 2.78 bits per heavy atom. The van der Waals surface area contributed by atoms with E-state index in [2.05, 4.69) is 5.32 Å². The largest absolute Gasteiger partial charge is 0.442 e. The number of hydrogen-bond donors (Lipinski definition) is 1. The molecular formula is C12H13FN2O3. The van der Waals surface area contributed by atoms with E-state index in [9.17, 15) is 14.0 Å². The van der Waals surface area contributed by atoms with Crippen molar-refractivity contribution >= 4 is 17.7 Å². The highest BCUT2D eigenvalue weighted by molar-refractivity contribution is 5.89. The van der Waals surface area contributed by atoms with E-state index in [1.807, 2.05) is 0 Å².